The van der Waals surface area contributed by atoms with E-state index in [0.717, 1.165) is 23.8 Å². The van der Waals surface area contributed by atoms with Crippen LogP contribution in [0.5, 0.6) is 0 Å². The quantitative estimate of drug-likeness (QED) is 0.877. The number of rotatable bonds is 4. The molecule has 1 aromatic rings. The minimum absolute atomic E-state index is 0.143. The molecule has 2 fully saturated rings. The summed E-state index contributed by atoms with van der Waals surface area (Å²) in [5.74, 6) is 2.07. The van der Waals surface area contributed by atoms with Gasteiger partial charge in [-0.25, -0.2) is 4.39 Å². The fourth-order valence-corrected chi connectivity index (χ4v) is 4.24. The van der Waals surface area contributed by atoms with E-state index in [-0.39, 0.29) is 11.1 Å². The molecule has 0 heterocycles. The van der Waals surface area contributed by atoms with Crippen molar-refractivity contribution < 1.29 is 9.50 Å². The standard InChI is InChI=1S/C16H20ClFO/c17-15-8-11(2-4-16(15)18)7-14(19)9-13-6-10-1-3-12(13)5-10/h2,4,8,10,12-14,19H,1,3,5-7,9H2. The smallest absolute Gasteiger partial charge is 0.141 e. The molecule has 2 saturated carbocycles. The van der Waals surface area contributed by atoms with Crippen molar-refractivity contribution in [3.05, 3.63) is 34.6 Å². The Morgan fingerprint density at radius 2 is 2.16 bits per heavy atom. The number of aliphatic hydroxyl groups is 1. The van der Waals surface area contributed by atoms with Crippen LogP contribution in [-0.4, -0.2) is 11.2 Å². The second-order valence-electron chi connectivity index (χ2n) is 6.28. The summed E-state index contributed by atoms with van der Waals surface area (Å²) in [6, 6.07) is 4.72. The minimum Gasteiger partial charge on any atom is -0.393 e. The number of fused-ring (bicyclic) bond motifs is 2. The molecule has 1 aromatic carbocycles. The molecule has 1 nitrogen and oxygen atoms in total. The van der Waals surface area contributed by atoms with Crippen LogP contribution < -0.4 is 0 Å². The largest absolute Gasteiger partial charge is 0.393 e. The van der Waals surface area contributed by atoms with Gasteiger partial charge in [-0.05, 0) is 67.6 Å². The maximum atomic E-state index is 13.1. The van der Waals surface area contributed by atoms with E-state index in [1.165, 1.54) is 31.7 Å². The Hall–Kier alpha value is -0.600. The second kappa shape index (κ2) is 5.41. The normalized spacial score (nSPS) is 30.8. The molecule has 19 heavy (non-hydrogen) atoms. The van der Waals surface area contributed by atoms with Crippen molar-refractivity contribution in [3.63, 3.8) is 0 Å². The number of hydrogen-bond acceptors (Lipinski definition) is 1. The lowest BCUT2D eigenvalue weighted by molar-refractivity contribution is 0.124. The van der Waals surface area contributed by atoms with Crippen molar-refractivity contribution in [3.8, 4) is 0 Å². The Morgan fingerprint density at radius 1 is 1.32 bits per heavy atom. The third-order valence-corrected chi connectivity index (χ3v) is 5.20. The van der Waals surface area contributed by atoms with Crippen LogP contribution in [0, 0.1) is 23.6 Å². The van der Waals surface area contributed by atoms with Crippen molar-refractivity contribution >= 4 is 11.6 Å². The van der Waals surface area contributed by atoms with E-state index in [9.17, 15) is 9.50 Å². The monoisotopic (exact) mass is 282 g/mol. The summed E-state index contributed by atoms with van der Waals surface area (Å²) < 4.78 is 13.1. The van der Waals surface area contributed by atoms with Crippen LogP contribution in [0.1, 0.15) is 37.7 Å². The van der Waals surface area contributed by atoms with E-state index in [1.54, 1.807) is 12.1 Å². The lowest BCUT2D eigenvalue weighted by atomic mass is 9.84. The zero-order valence-electron chi connectivity index (χ0n) is 11.0. The third kappa shape index (κ3) is 2.95. The first-order valence-corrected chi connectivity index (χ1v) is 7.61. The predicted octanol–water partition coefficient (Wildman–Crippen LogP) is 4.21. The Morgan fingerprint density at radius 3 is 2.79 bits per heavy atom. The number of aliphatic hydroxyl groups excluding tert-OH is 1. The molecular formula is C16H20ClFO. The van der Waals surface area contributed by atoms with Gasteiger partial charge >= 0.3 is 0 Å². The minimum atomic E-state index is -0.395. The average Bonchev–Trinajstić information content (AvgIpc) is 2.96. The molecule has 2 bridgehead atoms. The van der Waals surface area contributed by atoms with Crippen LogP contribution in [0.2, 0.25) is 5.02 Å². The summed E-state index contributed by atoms with van der Waals surface area (Å²) in [5.41, 5.74) is 0.919. The average molecular weight is 283 g/mol. The van der Waals surface area contributed by atoms with E-state index in [0.29, 0.717) is 12.3 Å². The van der Waals surface area contributed by atoms with Gasteiger partial charge in [-0.2, -0.15) is 0 Å². The number of halogens is 2. The third-order valence-electron chi connectivity index (χ3n) is 4.91. The highest BCUT2D eigenvalue weighted by Gasteiger charge is 2.39. The van der Waals surface area contributed by atoms with E-state index >= 15 is 0 Å². The van der Waals surface area contributed by atoms with E-state index in [4.69, 9.17) is 11.6 Å². The van der Waals surface area contributed by atoms with Gasteiger partial charge in [0.2, 0.25) is 0 Å². The lowest BCUT2D eigenvalue weighted by Crippen LogP contribution is -2.20. The molecule has 0 saturated heterocycles. The second-order valence-corrected chi connectivity index (χ2v) is 6.68. The first kappa shape index (κ1) is 13.4. The van der Waals surface area contributed by atoms with Gasteiger partial charge in [0.1, 0.15) is 5.82 Å². The van der Waals surface area contributed by atoms with Crippen molar-refractivity contribution in [2.45, 2.75) is 44.6 Å². The molecular weight excluding hydrogens is 263 g/mol. The number of hydrogen-bond donors (Lipinski definition) is 1. The maximum Gasteiger partial charge on any atom is 0.141 e. The van der Waals surface area contributed by atoms with Crippen molar-refractivity contribution in [1.29, 1.82) is 0 Å². The number of benzene rings is 1. The van der Waals surface area contributed by atoms with Gasteiger partial charge in [0, 0.05) is 0 Å². The topological polar surface area (TPSA) is 20.2 Å². The SMILES string of the molecule is OC(Cc1ccc(F)c(Cl)c1)CC1CC2CCC1C2. The first-order valence-electron chi connectivity index (χ1n) is 7.24. The molecule has 4 unspecified atom stereocenters. The summed E-state index contributed by atoms with van der Waals surface area (Å²) in [4.78, 5) is 0. The molecule has 0 radical (unpaired) electrons. The summed E-state index contributed by atoms with van der Waals surface area (Å²) in [5, 5.41) is 10.4. The molecule has 3 rings (SSSR count). The molecule has 2 aliphatic carbocycles. The van der Waals surface area contributed by atoms with E-state index < -0.39 is 5.82 Å². The fraction of sp³-hybridized carbons (Fsp3) is 0.625. The zero-order valence-corrected chi connectivity index (χ0v) is 11.7. The molecule has 104 valence electrons. The van der Waals surface area contributed by atoms with Crippen molar-refractivity contribution in [2.75, 3.05) is 0 Å². The fourth-order valence-electron chi connectivity index (χ4n) is 4.04. The Balaban J connectivity index is 1.56. The molecule has 2 aliphatic rings. The molecule has 4 atom stereocenters. The first-order chi connectivity index (χ1) is 9.11. The highest BCUT2D eigenvalue weighted by atomic mass is 35.5. The summed E-state index contributed by atoms with van der Waals surface area (Å²) in [7, 11) is 0. The summed E-state index contributed by atoms with van der Waals surface area (Å²) in [6.07, 6.45) is 6.55. The van der Waals surface area contributed by atoms with Crippen molar-refractivity contribution in [1.82, 2.24) is 0 Å². The van der Waals surface area contributed by atoms with Crippen LogP contribution in [0.4, 0.5) is 4.39 Å². The lowest BCUT2D eigenvalue weighted by Gasteiger charge is -2.24. The zero-order chi connectivity index (χ0) is 13.4. The van der Waals surface area contributed by atoms with Gasteiger partial charge in [-0.1, -0.05) is 24.1 Å². The molecule has 3 heteroatoms. The van der Waals surface area contributed by atoms with Gasteiger partial charge in [0.05, 0.1) is 11.1 Å². The molecule has 0 aromatic heterocycles. The van der Waals surface area contributed by atoms with Crippen LogP contribution >= 0.6 is 11.6 Å². The Labute approximate surface area is 118 Å². The highest BCUT2D eigenvalue weighted by molar-refractivity contribution is 6.30. The molecule has 0 aliphatic heterocycles. The highest BCUT2D eigenvalue weighted by Crippen LogP contribution is 2.49. The van der Waals surface area contributed by atoms with Crippen LogP contribution in [0.3, 0.4) is 0 Å². The van der Waals surface area contributed by atoms with Crippen LogP contribution in [0.25, 0.3) is 0 Å². The van der Waals surface area contributed by atoms with Crippen LogP contribution in [0.15, 0.2) is 18.2 Å². The van der Waals surface area contributed by atoms with Gasteiger partial charge in [0.25, 0.3) is 0 Å². The van der Waals surface area contributed by atoms with Gasteiger partial charge in [0.15, 0.2) is 0 Å². The summed E-state index contributed by atoms with van der Waals surface area (Å²) in [6.45, 7) is 0. The molecule has 1 N–H and O–H groups in total. The Kier molecular flexibility index (Phi) is 3.81. The van der Waals surface area contributed by atoms with Gasteiger partial charge in [-0.3, -0.25) is 0 Å². The van der Waals surface area contributed by atoms with Crippen molar-refractivity contribution in [2.24, 2.45) is 17.8 Å². The maximum absolute atomic E-state index is 13.1. The van der Waals surface area contributed by atoms with Gasteiger partial charge < -0.3 is 5.11 Å². The predicted molar refractivity (Wildman–Crippen MR) is 74.7 cm³/mol. The van der Waals surface area contributed by atoms with Crippen LogP contribution in [-0.2, 0) is 6.42 Å². The van der Waals surface area contributed by atoms with E-state index in [2.05, 4.69) is 0 Å². The molecule has 0 spiro atoms. The van der Waals surface area contributed by atoms with Gasteiger partial charge in [-0.15, -0.1) is 0 Å². The van der Waals surface area contributed by atoms with E-state index in [1.807, 2.05) is 0 Å². The Bertz CT molecular complexity index is 462. The summed E-state index contributed by atoms with van der Waals surface area (Å²) >= 11 is 5.76. The molecule has 0 amide bonds.